The second kappa shape index (κ2) is 4.79. The summed E-state index contributed by atoms with van der Waals surface area (Å²) in [4.78, 5) is 11.5. The molecule has 0 aliphatic heterocycles. The highest BCUT2D eigenvalue weighted by Crippen LogP contribution is 2.26. The monoisotopic (exact) mass is 208 g/mol. The van der Waals surface area contributed by atoms with Crippen LogP contribution in [-0.2, 0) is 4.79 Å². The lowest BCUT2D eigenvalue weighted by Gasteiger charge is -2.12. The average molecular weight is 208 g/mol. The highest BCUT2D eigenvalue weighted by Gasteiger charge is 2.13. The molecule has 0 saturated carbocycles. The molecule has 1 rings (SSSR count). The molecule has 0 bridgehead atoms. The van der Waals surface area contributed by atoms with Crippen molar-refractivity contribution in [1.29, 1.82) is 0 Å². The van der Waals surface area contributed by atoms with Gasteiger partial charge in [-0.15, -0.1) is 0 Å². The van der Waals surface area contributed by atoms with Crippen molar-refractivity contribution >= 4 is 11.6 Å². The lowest BCUT2D eigenvalue weighted by molar-refractivity contribution is -0.117. The van der Waals surface area contributed by atoms with Crippen LogP contribution in [0.25, 0.3) is 0 Å². The maximum atomic E-state index is 11.5. The number of nitrogens with two attached hydrogens (primary N) is 1. The van der Waals surface area contributed by atoms with Gasteiger partial charge in [-0.05, 0) is 25.0 Å². The molecule has 4 N–H and O–H groups in total. The molecule has 1 amide bonds. The molecule has 0 heterocycles. The summed E-state index contributed by atoms with van der Waals surface area (Å²) in [5, 5.41) is 12.2. The van der Waals surface area contributed by atoms with Crippen LogP contribution in [-0.4, -0.2) is 17.1 Å². The maximum Gasteiger partial charge on any atom is 0.241 e. The molecule has 0 aliphatic carbocycles. The van der Waals surface area contributed by atoms with Crippen LogP contribution in [0.15, 0.2) is 18.2 Å². The van der Waals surface area contributed by atoms with E-state index in [4.69, 9.17) is 5.73 Å². The molecule has 0 radical (unpaired) electrons. The Balaban J connectivity index is 2.81. The molecule has 0 unspecified atom stereocenters. The zero-order chi connectivity index (χ0) is 11.4. The summed E-state index contributed by atoms with van der Waals surface area (Å²) < 4.78 is 0. The number of aryl methyl sites for hydroxylation is 1. The van der Waals surface area contributed by atoms with Gasteiger partial charge in [0.05, 0.1) is 11.7 Å². The number of amides is 1. The number of benzene rings is 1. The van der Waals surface area contributed by atoms with E-state index in [1.54, 1.807) is 25.1 Å². The Labute approximate surface area is 89.1 Å². The Morgan fingerprint density at radius 1 is 1.60 bits per heavy atom. The predicted molar refractivity (Wildman–Crippen MR) is 59.7 cm³/mol. The second-order valence-corrected chi connectivity index (χ2v) is 3.48. The van der Waals surface area contributed by atoms with Crippen LogP contribution in [0.4, 0.5) is 5.69 Å². The zero-order valence-corrected chi connectivity index (χ0v) is 8.95. The molecule has 4 nitrogen and oxygen atoms in total. The van der Waals surface area contributed by atoms with Crippen molar-refractivity contribution in [3.63, 3.8) is 0 Å². The van der Waals surface area contributed by atoms with Gasteiger partial charge >= 0.3 is 0 Å². The van der Waals surface area contributed by atoms with Crippen LogP contribution in [0, 0.1) is 6.92 Å². The number of hydrogen-bond donors (Lipinski definition) is 3. The lowest BCUT2D eigenvalue weighted by atomic mass is 10.1. The van der Waals surface area contributed by atoms with Crippen molar-refractivity contribution in [2.75, 3.05) is 5.32 Å². The quantitative estimate of drug-likeness (QED) is 0.657. The van der Waals surface area contributed by atoms with E-state index in [0.29, 0.717) is 12.1 Å². The minimum atomic E-state index is -0.537. The van der Waals surface area contributed by atoms with Crippen LogP contribution in [0.5, 0.6) is 5.75 Å². The summed E-state index contributed by atoms with van der Waals surface area (Å²) >= 11 is 0. The normalized spacial score (nSPS) is 12.2. The Hall–Kier alpha value is -1.55. The third-order valence-corrected chi connectivity index (χ3v) is 2.27. The Morgan fingerprint density at radius 2 is 2.27 bits per heavy atom. The van der Waals surface area contributed by atoms with E-state index in [0.717, 1.165) is 5.56 Å². The Kier molecular flexibility index (Phi) is 3.68. The number of nitrogens with one attached hydrogen (secondary N) is 1. The van der Waals surface area contributed by atoms with E-state index in [-0.39, 0.29) is 11.7 Å². The summed E-state index contributed by atoms with van der Waals surface area (Å²) in [6, 6.07) is 4.64. The van der Waals surface area contributed by atoms with Gasteiger partial charge in [0.15, 0.2) is 0 Å². The largest absolute Gasteiger partial charge is 0.505 e. The number of para-hydroxylation sites is 1. The minimum Gasteiger partial charge on any atom is -0.505 e. The van der Waals surface area contributed by atoms with E-state index in [2.05, 4.69) is 5.32 Å². The van der Waals surface area contributed by atoms with Crippen molar-refractivity contribution in [1.82, 2.24) is 0 Å². The first kappa shape index (κ1) is 11.5. The van der Waals surface area contributed by atoms with E-state index < -0.39 is 6.04 Å². The fourth-order valence-electron chi connectivity index (χ4n) is 1.17. The van der Waals surface area contributed by atoms with Gasteiger partial charge < -0.3 is 16.2 Å². The molecule has 0 saturated heterocycles. The summed E-state index contributed by atoms with van der Waals surface area (Å²) in [6.45, 7) is 3.60. The predicted octanol–water partition coefficient (Wildman–Crippen LogP) is 1.38. The van der Waals surface area contributed by atoms with Crippen molar-refractivity contribution in [2.24, 2.45) is 5.73 Å². The van der Waals surface area contributed by atoms with Gasteiger partial charge in [-0.25, -0.2) is 0 Å². The number of anilines is 1. The molecule has 4 heteroatoms. The fraction of sp³-hybridized carbons (Fsp3) is 0.364. The molecule has 0 aliphatic rings. The van der Waals surface area contributed by atoms with Crippen LogP contribution in [0.2, 0.25) is 0 Å². The summed E-state index contributed by atoms with van der Waals surface area (Å²) in [7, 11) is 0. The van der Waals surface area contributed by atoms with Crippen molar-refractivity contribution in [2.45, 2.75) is 26.3 Å². The smallest absolute Gasteiger partial charge is 0.241 e. The van der Waals surface area contributed by atoms with Crippen LogP contribution >= 0.6 is 0 Å². The summed E-state index contributed by atoms with van der Waals surface area (Å²) in [5.41, 5.74) is 6.69. The summed E-state index contributed by atoms with van der Waals surface area (Å²) in [5.74, 6) is -0.187. The van der Waals surface area contributed by atoms with Crippen molar-refractivity contribution < 1.29 is 9.90 Å². The first-order valence-corrected chi connectivity index (χ1v) is 4.91. The molecule has 15 heavy (non-hydrogen) atoms. The number of phenols is 1. The molecule has 1 aromatic rings. The number of rotatable bonds is 3. The van der Waals surface area contributed by atoms with Gasteiger partial charge in [-0.1, -0.05) is 19.1 Å². The highest BCUT2D eigenvalue weighted by molar-refractivity contribution is 5.96. The number of aromatic hydroxyl groups is 1. The van der Waals surface area contributed by atoms with E-state index >= 15 is 0 Å². The second-order valence-electron chi connectivity index (χ2n) is 3.48. The van der Waals surface area contributed by atoms with Crippen molar-refractivity contribution in [3.8, 4) is 5.75 Å². The number of hydrogen-bond acceptors (Lipinski definition) is 3. The van der Waals surface area contributed by atoms with Crippen LogP contribution < -0.4 is 11.1 Å². The van der Waals surface area contributed by atoms with Crippen LogP contribution in [0.3, 0.4) is 0 Å². The molecular formula is C11H16N2O2. The van der Waals surface area contributed by atoms with Gasteiger partial charge in [0.25, 0.3) is 0 Å². The van der Waals surface area contributed by atoms with Gasteiger partial charge in [0.1, 0.15) is 5.75 Å². The third-order valence-electron chi connectivity index (χ3n) is 2.27. The average Bonchev–Trinajstić information content (AvgIpc) is 2.23. The zero-order valence-electron chi connectivity index (χ0n) is 8.95. The van der Waals surface area contributed by atoms with Gasteiger partial charge in [0, 0.05) is 0 Å². The molecule has 1 atom stereocenters. The number of phenolic OH excluding ortho intramolecular Hbond substituents is 1. The van der Waals surface area contributed by atoms with Crippen molar-refractivity contribution in [3.05, 3.63) is 23.8 Å². The molecular weight excluding hydrogens is 192 g/mol. The van der Waals surface area contributed by atoms with E-state index in [9.17, 15) is 9.90 Å². The van der Waals surface area contributed by atoms with Gasteiger partial charge in [0.2, 0.25) is 5.91 Å². The number of carbonyl (C=O) groups excluding carboxylic acids is 1. The van der Waals surface area contributed by atoms with Gasteiger partial charge in [-0.2, -0.15) is 0 Å². The molecule has 1 aromatic carbocycles. The summed E-state index contributed by atoms with van der Waals surface area (Å²) in [6.07, 6.45) is 0.568. The Morgan fingerprint density at radius 3 is 2.87 bits per heavy atom. The molecule has 0 fully saturated rings. The van der Waals surface area contributed by atoms with Crippen LogP contribution in [0.1, 0.15) is 18.9 Å². The van der Waals surface area contributed by atoms with E-state index in [1.807, 2.05) is 6.92 Å². The standard InChI is InChI=1S/C11H16N2O2/c1-3-8(12)11(15)13-9-6-4-5-7(2)10(9)14/h4-6,8,14H,3,12H2,1-2H3,(H,13,15)/t8-/m1/s1. The lowest BCUT2D eigenvalue weighted by Crippen LogP contribution is -2.34. The topological polar surface area (TPSA) is 75.4 Å². The minimum absolute atomic E-state index is 0.0918. The first-order valence-electron chi connectivity index (χ1n) is 4.91. The first-order chi connectivity index (χ1) is 7.06. The molecule has 0 aromatic heterocycles. The van der Waals surface area contributed by atoms with E-state index in [1.165, 1.54) is 0 Å². The fourth-order valence-corrected chi connectivity index (χ4v) is 1.17. The SMILES string of the molecule is CC[C@@H](N)C(=O)Nc1cccc(C)c1O. The molecule has 0 spiro atoms. The molecule has 82 valence electrons. The third kappa shape index (κ3) is 2.70. The maximum absolute atomic E-state index is 11.5. The Bertz CT molecular complexity index is 364. The van der Waals surface area contributed by atoms with Gasteiger partial charge in [-0.3, -0.25) is 4.79 Å². The number of carbonyl (C=O) groups is 1. The highest BCUT2D eigenvalue weighted by atomic mass is 16.3.